The highest BCUT2D eigenvalue weighted by Crippen LogP contribution is 2.30. The largest absolute Gasteiger partial charge is 0.493 e. The van der Waals surface area contributed by atoms with Crippen LogP contribution in [0, 0.1) is 0 Å². The van der Waals surface area contributed by atoms with Gasteiger partial charge in [0.05, 0.1) is 7.11 Å². The van der Waals surface area contributed by atoms with Crippen molar-refractivity contribution in [1.29, 1.82) is 0 Å². The number of rotatable bonds is 11. The standard InChI is InChI=1S/C34H36N2O3/c1-38-32-19-14-28(24-33(32)39-26-27-10-4-2-5-11-27)25-36(23-22-35-20-8-9-21-35)34(37)31-17-15-30(16-18-31)29-12-6-3-7-13-29/h2-7,10-19,24H,8-9,20-23,25-26H2,1H3. The average molecular weight is 521 g/mol. The lowest BCUT2D eigenvalue weighted by Gasteiger charge is -2.26. The number of carbonyl (C=O) groups excluding carboxylic acids is 1. The summed E-state index contributed by atoms with van der Waals surface area (Å²) in [6, 6.07) is 34.2. The molecule has 0 bridgehead atoms. The lowest BCUT2D eigenvalue weighted by molar-refractivity contribution is 0.0727. The Morgan fingerprint density at radius 3 is 2.13 bits per heavy atom. The molecular weight excluding hydrogens is 484 g/mol. The van der Waals surface area contributed by atoms with E-state index in [4.69, 9.17) is 9.47 Å². The van der Waals surface area contributed by atoms with E-state index in [0.717, 1.165) is 41.9 Å². The summed E-state index contributed by atoms with van der Waals surface area (Å²) >= 11 is 0. The van der Waals surface area contributed by atoms with Gasteiger partial charge >= 0.3 is 0 Å². The molecule has 1 fully saturated rings. The van der Waals surface area contributed by atoms with Gasteiger partial charge in [0.25, 0.3) is 5.91 Å². The molecule has 200 valence electrons. The number of nitrogens with zero attached hydrogens (tertiary/aromatic N) is 2. The molecule has 1 heterocycles. The lowest BCUT2D eigenvalue weighted by Crippen LogP contribution is -2.37. The number of hydrogen-bond acceptors (Lipinski definition) is 4. The number of carbonyl (C=O) groups is 1. The Morgan fingerprint density at radius 1 is 0.769 bits per heavy atom. The lowest BCUT2D eigenvalue weighted by atomic mass is 10.0. The zero-order valence-electron chi connectivity index (χ0n) is 22.6. The summed E-state index contributed by atoms with van der Waals surface area (Å²) in [4.78, 5) is 18.2. The maximum Gasteiger partial charge on any atom is 0.254 e. The second-order valence-electron chi connectivity index (χ2n) is 9.98. The van der Waals surface area contributed by atoms with Crippen LogP contribution in [0.4, 0.5) is 0 Å². The van der Waals surface area contributed by atoms with E-state index in [9.17, 15) is 4.79 Å². The zero-order chi connectivity index (χ0) is 26.9. The molecule has 5 nitrogen and oxygen atoms in total. The number of ether oxygens (including phenoxy) is 2. The first-order chi connectivity index (χ1) is 19.2. The molecule has 5 rings (SSSR count). The van der Waals surface area contributed by atoms with E-state index in [0.29, 0.717) is 36.8 Å². The number of amides is 1. The molecule has 4 aromatic carbocycles. The quantitative estimate of drug-likeness (QED) is 0.221. The third kappa shape index (κ3) is 7.06. The molecule has 0 saturated carbocycles. The molecule has 1 amide bonds. The van der Waals surface area contributed by atoms with Crippen molar-refractivity contribution in [3.63, 3.8) is 0 Å². The van der Waals surface area contributed by atoms with Crippen LogP contribution in [0.2, 0.25) is 0 Å². The van der Waals surface area contributed by atoms with E-state index in [1.807, 2.05) is 95.9 Å². The zero-order valence-corrected chi connectivity index (χ0v) is 22.6. The second kappa shape index (κ2) is 13.1. The van der Waals surface area contributed by atoms with Crippen molar-refractivity contribution in [2.45, 2.75) is 26.0 Å². The molecule has 0 aromatic heterocycles. The Morgan fingerprint density at radius 2 is 1.44 bits per heavy atom. The van der Waals surface area contributed by atoms with Crippen molar-refractivity contribution < 1.29 is 14.3 Å². The molecule has 4 aromatic rings. The van der Waals surface area contributed by atoms with Gasteiger partial charge in [-0.3, -0.25) is 4.79 Å². The van der Waals surface area contributed by atoms with Crippen molar-refractivity contribution in [3.8, 4) is 22.6 Å². The highest BCUT2D eigenvalue weighted by Gasteiger charge is 2.20. The molecule has 1 aliphatic rings. The van der Waals surface area contributed by atoms with Gasteiger partial charge < -0.3 is 19.3 Å². The van der Waals surface area contributed by atoms with Crippen LogP contribution in [0.3, 0.4) is 0 Å². The molecule has 0 aliphatic carbocycles. The molecule has 0 unspecified atom stereocenters. The summed E-state index contributed by atoms with van der Waals surface area (Å²) in [5.74, 6) is 1.40. The Hall–Kier alpha value is -4.09. The molecular formula is C34H36N2O3. The highest BCUT2D eigenvalue weighted by atomic mass is 16.5. The van der Waals surface area contributed by atoms with Crippen molar-refractivity contribution in [1.82, 2.24) is 9.80 Å². The monoisotopic (exact) mass is 520 g/mol. The van der Waals surface area contributed by atoms with Crippen molar-refractivity contribution >= 4 is 5.91 Å². The number of methoxy groups -OCH3 is 1. The summed E-state index contributed by atoms with van der Waals surface area (Å²) in [5.41, 5.74) is 5.04. The number of hydrogen-bond donors (Lipinski definition) is 0. The maximum absolute atomic E-state index is 13.8. The van der Waals surface area contributed by atoms with Crippen LogP contribution in [0.1, 0.15) is 34.3 Å². The first-order valence-electron chi connectivity index (χ1n) is 13.7. The molecule has 39 heavy (non-hydrogen) atoms. The SMILES string of the molecule is COc1ccc(CN(CCN2CCCC2)C(=O)c2ccc(-c3ccccc3)cc2)cc1OCc1ccccc1. The minimum Gasteiger partial charge on any atom is -0.493 e. The van der Waals surface area contributed by atoms with Crippen LogP contribution in [0.25, 0.3) is 11.1 Å². The molecule has 5 heteroatoms. The van der Waals surface area contributed by atoms with Crippen LogP contribution in [0.15, 0.2) is 103 Å². The number of benzene rings is 4. The molecule has 1 aliphatic heterocycles. The Kier molecular flexibility index (Phi) is 8.92. The molecule has 0 spiro atoms. The summed E-state index contributed by atoms with van der Waals surface area (Å²) in [7, 11) is 1.65. The Bertz CT molecular complexity index is 1330. The van der Waals surface area contributed by atoms with Crippen LogP contribution >= 0.6 is 0 Å². The van der Waals surface area contributed by atoms with Gasteiger partial charge in [-0.1, -0.05) is 78.9 Å². The van der Waals surface area contributed by atoms with E-state index < -0.39 is 0 Å². The molecule has 1 saturated heterocycles. The minimum atomic E-state index is 0.0383. The minimum absolute atomic E-state index is 0.0383. The molecule has 0 N–H and O–H groups in total. The van der Waals surface area contributed by atoms with Crippen molar-refractivity contribution in [2.75, 3.05) is 33.3 Å². The van der Waals surface area contributed by atoms with Gasteiger partial charge in [-0.2, -0.15) is 0 Å². The first-order valence-corrected chi connectivity index (χ1v) is 13.7. The summed E-state index contributed by atoms with van der Waals surface area (Å²) in [6.45, 7) is 4.71. The third-order valence-corrected chi connectivity index (χ3v) is 7.25. The van der Waals surface area contributed by atoms with Gasteiger partial charge in [-0.25, -0.2) is 0 Å². The van der Waals surface area contributed by atoms with Crippen LogP contribution in [0.5, 0.6) is 11.5 Å². The predicted molar refractivity (Wildman–Crippen MR) is 156 cm³/mol. The van der Waals surface area contributed by atoms with Gasteiger partial charge in [-0.15, -0.1) is 0 Å². The van der Waals surface area contributed by atoms with Gasteiger partial charge in [-0.05, 0) is 72.5 Å². The molecule has 0 atom stereocenters. The third-order valence-electron chi connectivity index (χ3n) is 7.25. The normalized spacial score (nSPS) is 13.3. The Labute approximate surface area is 231 Å². The van der Waals surface area contributed by atoms with E-state index in [1.165, 1.54) is 12.8 Å². The van der Waals surface area contributed by atoms with E-state index >= 15 is 0 Å². The van der Waals surface area contributed by atoms with E-state index in [-0.39, 0.29) is 5.91 Å². The first kappa shape index (κ1) is 26.5. The summed E-state index contributed by atoms with van der Waals surface area (Å²) < 4.78 is 11.7. The fourth-order valence-electron chi connectivity index (χ4n) is 5.03. The maximum atomic E-state index is 13.8. The van der Waals surface area contributed by atoms with Gasteiger partial charge in [0.2, 0.25) is 0 Å². The van der Waals surface area contributed by atoms with Crippen LogP contribution in [-0.4, -0.2) is 49.0 Å². The predicted octanol–water partition coefficient (Wildman–Crippen LogP) is 6.68. The van der Waals surface area contributed by atoms with Gasteiger partial charge in [0.1, 0.15) is 6.61 Å². The summed E-state index contributed by atoms with van der Waals surface area (Å²) in [6.07, 6.45) is 2.46. The van der Waals surface area contributed by atoms with E-state index in [1.54, 1.807) is 7.11 Å². The highest BCUT2D eigenvalue weighted by molar-refractivity contribution is 5.94. The van der Waals surface area contributed by atoms with Crippen LogP contribution < -0.4 is 9.47 Å². The van der Waals surface area contributed by atoms with Crippen molar-refractivity contribution in [2.24, 2.45) is 0 Å². The van der Waals surface area contributed by atoms with Gasteiger partial charge in [0.15, 0.2) is 11.5 Å². The topological polar surface area (TPSA) is 42.0 Å². The van der Waals surface area contributed by atoms with Crippen molar-refractivity contribution in [3.05, 3.63) is 120 Å². The van der Waals surface area contributed by atoms with E-state index in [2.05, 4.69) is 17.0 Å². The van der Waals surface area contributed by atoms with Crippen LogP contribution in [-0.2, 0) is 13.2 Å². The number of likely N-dealkylation sites (tertiary alicyclic amines) is 1. The smallest absolute Gasteiger partial charge is 0.254 e. The Balaban J connectivity index is 1.34. The summed E-state index contributed by atoms with van der Waals surface area (Å²) in [5, 5.41) is 0. The second-order valence-corrected chi connectivity index (χ2v) is 9.98. The van der Waals surface area contributed by atoms with Gasteiger partial charge in [0, 0.05) is 25.2 Å². The fourth-order valence-corrected chi connectivity index (χ4v) is 5.03. The fraction of sp³-hybridized carbons (Fsp3) is 0.265. The average Bonchev–Trinajstić information content (AvgIpc) is 3.53. The molecule has 0 radical (unpaired) electrons.